The Morgan fingerprint density at radius 1 is 1.40 bits per heavy atom. The highest BCUT2D eigenvalue weighted by Gasteiger charge is 2.26. The summed E-state index contributed by atoms with van der Waals surface area (Å²) in [6, 6.07) is 7.71. The van der Waals surface area contributed by atoms with Crippen molar-refractivity contribution in [2.24, 2.45) is 5.92 Å². The van der Waals surface area contributed by atoms with Crippen LogP contribution in [0.25, 0.3) is 0 Å². The second kappa shape index (κ2) is 9.75. The second-order valence-corrected chi connectivity index (χ2v) is 7.04. The molecular formula is C19H30N2O4. The standard InChI is InChI=1S/C19H30N2O4/c1-13(2)10-16(11-20-17-8-9-24-18(17)22)21-19(23)25-12-15-7-5-4-6-14(15)3/h4-7,13,16-18,20,22H,8-12H2,1-3H3,(H,21,23)/t16-,17+,18?/m1/s1. The van der Waals surface area contributed by atoms with Crippen LogP contribution in [0.1, 0.15) is 37.8 Å². The summed E-state index contributed by atoms with van der Waals surface area (Å²) >= 11 is 0. The highest BCUT2D eigenvalue weighted by Crippen LogP contribution is 2.12. The maximum absolute atomic E-state index is 12.1. The SMILES string of the molecule is Cc1ccccc1COC(=O)N[C@@H](CN[C@H]1CCOC1O)CC(C)C. The number of carbonyl (C=O) groups is 1. The first-order chi connectivity index (χ1) is 12.0. The number of ether oxygens (including phenoxy) is 2. The smallest absolute Gasteiger partial charge is 0.407 e. The minimum atomic E-state index is -0.771. The normalized spacial score (nSPS) is 21.3. The molecule has 0 bridgehead atoms. The first kappa shape index (κ1) is 19.7. The lowest BCUT2D eigenvalue weighted by Crippen LogP contribution is -2.47. The molecule has 1 fully saturated rings. The maximum atomic E-state index is 12.1. The second-order valence-electron chi connectivity index (χ2n) is 7.04. The topological polar surface area (TPSA) is 79.8 Å². The largest absolute Gasteiger partial charge is 0.445 e. The molecule has 3 atom stereocenters. The summed E-state index contributed by atoms with van der Waals surface area (Å²) in [5.74, 6) is 0.438. The molecule has 1 heterocycles. The lowest BCUT2D eigenvalue weighted by molar-refractivity contribution is -0.0718. The van der Waals surface area contributed by atoms with Crippen molar-refractivity contribution in [1.82, 2.24) is 10.6 Å². The predicted octanol–water partition coefficient (Wildman–Crippen LogP) is 2.33. The molecule has 0 aromatic heterocycles. The number of alkyl carbamates (subject to hydrolysis) is 1. The van der Waals surface area contributed by atoms with Gasteiger partial charge in [-0.1, -0.05) is 38.1 Å². The van der Waals surface area contributed by atoms with Crippen LogP contribution in [0.3, 0.4) is 0 Å². The quantitative estimate of drug-likeness (QED) is 0.671. The Bertz CT molecular complexity index is 550. The van der Waals surface area contributed by atoms with Gasteiger partial charge in [-0.15, -0.1) is 0 Å². The van der Waals surface area contributed by atoms with Crippen molar-refractivity contribution in [3.63, 3.8) is 0 Å². The molecule has 0 saturated carbocycles. The summed E-state index contributed by atoms with van der Waals surface area (Å²) in [5.41, 5.74) is 2.10. The van der Waals surface area contributed by atoms with Crippen LogP contribution in [0.4, 0.5) is 4.79 Å². The summed E-state index contributed by atoms with van der Waals surface area (Å²) in [5, 5.41) is 15.9. The van der Waals surface area contributed by atoms with Gasteiger partial charge in [-0.2, -0.15) is 0 Å². The third-order valence-corrected chi connectivity index (χ3v) is 4.39. The molecule has 1 aromatic carbocycles. The number of nitrogens with one attached hydrogen (secondary N) is 2. The highest BCUT2D eigenvalue weighted by atomic mass is 16.6. The minimum absolute atomic E-state index is 0.0582. The molecule has 0 radical (unpaired) electrons. The highest BCUT2D eigenvalue weighted by molar-refractivity contribution is 5.67. The number of hydrogen-bond acceptors (Lipinski definition) is 5. The van der Waals surface area contributed by atoms with Crippen LogP contribution >= 0.6 is 0 Å². The number of benzene rings is 1. The van der Waals surface area contributed by atoms with Crippen molar-refractivity contribution in [3.8, 4) is 0 Å². The van der Waals surface area contributed by atoms with Gasteiger partial charge in [0, 0.05) is 12.6 Å². The van der Waals surface area contributed by atoms with Gasteiger partial charge in [-0.05, 0) is 36.8 Å². The van der Waals surface area contributed by atoms with Crippen molar-refractivity contribution in [1.29, 1.82) is 0 Å². The fourth-order valence-corrected chi connectivity index (χ4v) is 2.96. The Morgan fingerprint density at radius 3 is 2.80 bits per heavy atom. The van der Waals surface area contributed by atoms with Crippen molar-refractivity contribution < 1.29 is 19.4 Å². The van der Waals surface area contributed by atoms with Crippen LogP contribution in [0.2, 0.25) is 0 Å². The number of amides is 1. The summed E-state index contributed by atoms with van der Waals surface area (Å²) < 4.78 is 10.5. The molecule has 1 unspecified atom stereocenters. The molecule has 6 nitrogen and oxygen atoms in total. The molecule has 3 N–H and O–H groups in total. The van der Waals surface area contributed by atoms with Crippen LogP contribution in [-0.2, 0) is 16.1 Å². The van der Waals surface area contributed by atoms with Gasteiger partial charge >= 0.3 is 6.09 Å². The zero-order chi connectivity index (χ0) is 18.2. The molecule has 140 valence electrons. The summed E-state index contributed by atoms with van der Waals surface area (Å²) in [7, 11) is 0. The Balaban J connectivity index is 1.81. The van der Waals surface area contributed by atoms with Crippen LogP contribution in [0.15, 0.2) is 24.3 Å². The number of aryl methyl sites for hydroxylation is 1. The van der Waals surface area contributed by atoms with Gasteiger partial charge in [0.25, 0.3) is 0 Å². The fourth-order valence-electron chi connectivity index (χ4n) is 2.96. The molecule has 2 rings (SSSR count). The zero-order valence-corrected chi connectivity index (χ0v) is 15.3. The molecule has 0 aliphatic carbocycles. The van der Waals surface area contributed by atoms with Crippen LogP contribution < -0.4 is 10.6 Å². The Hall–Kier alpha value is -1.63. The summed E-state index contributed by atoms with van der Waals surface area (Å²) in [6.07, 6.45) is 0.412. The van der Waals surface area contributed by atoms with E-state index >= 15 is 0 Å². The predicted molar refractivity (Wildman–Crippen MR) is 96.1 cm³/mol. The first-order valence-corrected chi connectivity index (χ1v) is 8.96. The van der Waals surface area contributed by atoms with Gasteiger partial charge < -0.3 is 25.2 Å². The van der Waals surface area contributed by atoms with Gasteiger partial charge in [0.2, 0.25) is 0 Å². The lowest BCUT2D eigenvalue weighted by Gasteiger charge is -2.23. The number of carbonyl (C=O) groups excluding carboxylic acids is 1. The Kier molecular flexibility index (Phi) is 7.68. The summed E-state index contributed by atoms with van der Waals surface area (Å²) in [4.78, 5) is 12.1. The van der Waals surface area contributed by atoms with E-state index in [1.54, 1.807) is 0 Å². The van der Waals surface area contributed by atoms with Gasteiger partial charge in [0.15, 0.2) is 6.29 Å². The fraction of sp³-hybridized carbons (Fsp3) is 0.632. The third kappa shape index (κ3) is 6.65. The van der Waals surface area contributed by atoms with E-state index in [-0.39, 0.29) is 18.7 Å². The number of rotatable bonds is 8. The molecule has 1 aromatic rings. The number of aliphatic hydroxyl groups is 1. The van der Waals surface area contributed by atoms with Crippen molar-refractivity contribution in [2.75, 3.05) is 13.2 Å². The molecule has 1 aliphatic heterocycles. The van der Waals surface area contributed by atoms with Crippen LogP contribution in [0, 0.1) is 12.8 Å². The van der Waals surface area contributed by atoms with E-state index in [0.717, 1.165) is 24.0 Å². The molecular weight excluding hydrogens is 320 g/mol. The number of hydrogen-bond donors (Lipinski definition) is 3. The zero-order valence-electron chi connectivity index (χ0n) is 15.3. The summed E-state index contributed by atoms with van der Waals surface area (Å²) in [6.45, 7) is 7.61. The van der Waals surface area contributed by atoms with Gasteiger partial charge in [-0.25, -0.2) is 4.79 Å². The monoisotopic (exact) mass is 350 g/mol. The number of aliphatic hydroxyl groups excluding tert-OH is 1. The molecule has 0 spiro atoms. The van der Waals surface area contributed by atoms with Crippen LogP contribution in [0.5, 0.6) is 0 Å². The van der Waals surface area contributed by atoms with E-state index in [2.05, 4.69) is 24.5 Å². The van der Waals surface area contributed by atoms with E-state index in [4.69, 9.17) is 9.47 Å². The molecule has 6 heteroatoms. The van der Waals surface area contributed by atoms with E-state index < -0.39 is 12.4 Å². The third-order valence-electron chi connectivity index (χ3n) is 4.39. The molecule has 1 saturated heterocycles. The lowest BCUT2D eigenvalue weighted by atomic mass is 10.0. The average molecular weight is 350 g/mol. The molecule has 1 amide bonds. The van der Waals surface area contributed by atoms with Crippen molar-refractivity contribution in [2.45, 2.75) is 58.6 Å². The van der Waals surface area contributed by atoms with E-state index in [9.17, 15) is 9.90 Å². The maximum Gasteiger partial charge on any atom is 0.407 e. The molecule has 1 aliphatic rings. The van der Waals surface area contributed by atoms with Crippen molar-refractivity contribution >= 4 is 6.09 Å². The van der Waals surface area contributed by atoms with E-state index in [1.807, 2.05) is 31.2 Å². The molecule has 25 heavy (non-hydrogen) atoms. The van der Waals surface area contributed by atoms with Gasteiger partial charge in [-0.3, -0.25) is 0 Å². The Morgan fingerprint density at radius 2 is 2.16 bits per heavy atom. The minimum Gasteiger partial charge on any atom is -0.445 e. The van der Waals surface area contributed by atoms with Gasteiger partial charge in [0.05, 0.1) is 12.6 Å². The van der Waals surface area contributed by atoms with Gasteiger partial charge in [0.1, 0.15) is 6.61 Å². The first-order valence-electron chi connectivity index (χ1n) is 8.96. The van der Waals surface area contributed by atoms with Crippen LogP contribution in [-0.4, -0.2) is 42.7 Å². The Labute approximate surface area is 149 Å². The van der Waals surface area contributed by atoms with E-state index in [0.29, 0.717) is 19.1 Å². The average Bonchev–Trinajstić information content (AvgIpc) is 2.96. The van der Waals surface area contributed by atoms with E-state index in [1.165, 1.54) is 0 Å². The van der Waals surface area contributed by atoms with Crippen molar-refractivity contribution in [3.05, 3.63) is 35.4 Å².